The number of nitrogens with one attached hydrogen (secondary N) is 1. The van der Waals surface area contributed by atoms with Crippen molar-refractivity contribution in [2.75, 3.05) is 5.32 Å². The third kappa shape index (κ3) is 3.68. The van der Waals surface area contributed by atoms with E-state index in [2.05, 4.69) is 5.32 Å². The van der Waals surface area contributed by atoms with E-state index < -0.39 is 10.0 Å². The first-order valence-corrected chi connectivity index (χ1v) is 7.91. The van der Waals surface area contributed by atoms with Crippen molar-refractivity contribution >= 4 is 33.2 Å². The van der Waals surface area contributed by atoms with Crippen molar-refractivity contribution in [3.05, 3.63) is 23.2 Å². The van der Waals surface area contributed by atoms with Gasteiger partial charge in [-0.05, 0) is 37.0 Å². The Bertz CT molecular complexity index is 597. The molecule has 1 aliphatic carbocycles. The second kappa shape index (κ2) is 5.48. The minimum absolute atomic E-state index is 0.00365. The molecule has 0 saturated heterocycles. The lowest BCUT2D eigenvalue weighted by Crippen LogP contribution is -2.21. The quantitative estimate of drug-likeness (QED) is 0.892. The van der Waals surface area contributed by atoms with Gasteiger partial charge in [0.1, 0.15) is 4.90 Å². The second-order valence-electron chi connectivity index (χ2n) is 4.74. The van der Waals surface area contributed by atoms with Crippen molar-refractivity contribution in [2.45, 2.75) is 30.6 Å². The molecule has 1 aromatic carbocycles. The molecule has 0 bridgehead atoms. The van der Waals surface area contributed by atoms with E-state index in [1.807, 2.05) is 0 Å². The van der Waals surface area contributed by atoms with Gasteiger partial charge < -0.3 is 5.32 Å². The van der Waals surface area contributed by atoms with Crippen LogP contribution in [0.4, 0.5) is 5.69 Å². The summed E-state index contributed by atoms with van der Waals surface area (Å²) in [5.74, 6) is 0.392. The summed E-state index contributed by atoms with van der Waals surface area (Å²) >= 11 is 5.83. The highest BCUT2D eigenvalue weighted by Crippen LogP contribution is 2.30. The lowest BCUT2D eigenvalue weighted by atomic mass is 9.83. The van der Waals surface area contributed by atoms with E-state index >= 15 is 0 Å². The van der Waals surface area contributed by atoms with Crippen LogP contribution in [0.25, 0.3) is 0 Å². The number of benzene rings is 1. The maximum absolute atomic E-state index is 11.7. The highest BCUT2D eigenvalue weighted by molar-refractivity contribution is 7.89. The minimum Gasteiger partial charge on any atom is -0.326 e. The van der Waals surface area contributed by atoms with E-state index in [9.17, 15) is 13.2 Å². The molecule has 1 aromatic rings. The van der Waals surface area contributed by atoms with Crippen LogP contribution < -0.4 is 10.5 Å². The number of primary sulfonamides is 1. The van der Waals surface area contributed by atoms with E-state index in [0.29, 0.717) is 18.0 Å². The molecule has 0 spiro atoms. The van der Waals surface area contributed by atoms with Gasteiger partial charge in [0.25, 0.3) is 0 Å². The zero-order valence-corrected chi connectivity index (χ0v) is 11.8. The Morgan fingerprint density at radius 2 is 2.11 bits per heavy atom. The first-order chi connectivity index (χ1) is 8.86. The number of carbonyl (C=O) groups excluding carboxylic acids is 1. The number of nitrogens with two attached hydrogens (primary N) is 1. The summed E-state index contributed by atoms with van der Waals surface area (Å²) in [5, 5.41) is 7.71. The lowest BCUT2D eigenvalue weighted by Gasteiger charge is -2.24. The maximum atomic E-state index is 11.7. The molecule has 19 heavy (non-hydrogen) atoms. The van der Waals surface area contributed by atoms with Gasteiger partial charge in [0.05, 0.1) is 5.02 Å². The Labute approximate surface area is 117 Å². The number of sulfonamides is 1. The molecule has 1 saturated carbocycles. The van der Waals surface area contributed by atoms with Crippen LogP contribution in [0.3, 0.4) is 0 Å². The summed E-state index contributed by atoms with van der Waals surface area (Å²) in [5.41, 5.74) is 0.474. The molecule has 5 nitrogen and oxygen atoms in total. The zero-order chi connectivity index (χ0) is 14.0. The predicted octanol–water partition coefficient (Wildman–Crippen LogP) is 2.12. The summed E-state index contributed by atoms with van der Waals surface area (Å²) in [6.07, 6.45) is 3.87. The summed E-state index contributed by atoms with van der Waals surface area (Å²) in [7, 11) is -3.84. The largest absolute Gasteiger partial charge is 0.326 e. The molecule has 7 heteroatoms. The summed E-state index contributed by atoms with van der Waals surface area (Å²) in [6.45, 7) is 0. The van der Waals surface area contributed by atoms with Crippen LogP contribution in [0, 0.1) is 5.92 Å². The van der Waals surface area contributed by atoms with Crippen LogP contribution in [-0.4, -0.2) is 14.3 Å². The molecule has 0 radical (unpaired) electrons. The van der Waals surface area contributed by atoms with Crippen molar-refractivity contribution in [2.24, 2.45) is 11.1 Å². The first kappa shape index (κ1) is 14.3. The molecule has 0 aromatic heterocycles. The van der Waals surface area contributed by atoms with Crippen LogP contribution in [-0.2, 0) is 14.8 Å². The molecule has 0 aliphatic heterocycles. The fraction of sp³-hybridized carbons (Fsp3) is 0.417. The zero-order valence-electron chi connectivity index (χ0n) is 10.2. The van der Waals surface area contributed by atoms with Crippen LogP contribution in [0.15, 0.2) is 23.1 Å². The maximum Gasteiger partial charge on any atom is 0.239 e. The monoisotopic (exact) mass is 302 g/mol. The average molecular weight is 303 g/mol. The Hall–Kier alpha value is -1.11. The fourth-order valence-electron chi connectivity index (χ4n) is 1.98. The fourth-order valence-corrected chi connectivity index (χ4v) is 3.07. The summed E-state index contributed by atoms with van der Waals surface area (Å²) < 4.78 is 22.4. The Morgan fingerprint density at radius 3 is 2.58 bits per heavy atom. The lowest BCUT2D eigenvalue weighted by molar-refractivity contribution is -0.117. The highest BCUT2D eigenvalue weighted by Gasteiger charge is 2.21. The number of anilines is 1. The van der Waals surface area contributed by atoms with Gasteiger partial charge in [0, 0.05) is 12.1 Å². The molecule has 2 rings (SSSR count). The van der Waals surface area contributed by atoms with Gasteiger partial charge >= 0.3 is 0 Å². The van der Waals surface area contributed by atoms with E-state index in [1.54, 1.807) is 0 Å². The van der Waals surface area contributed by atoms with Crippen molar-refractivity contribution < 1.29 is 13.2 Å². The van der Waals surface area contributed by atoms with Crippen molar-refractivity contribution in [3.63, 3.8) is 0 Å². The topological polar surface area (TPSA) is 89.3 Å². The van der Waals surface area contributed by atoms with Crippen LogP contribution in [0.5, 0.6) is 0 Å². The number of rotatable bonds is 4. The predicted molar refractivity (Wildman–Crippen MR) is 73.4 cm³/mol. The van der Waals surface area contributed by atoms with Gasteiger partial charge in [0.15, 0.2) is 0 Å². The van der Waals surface area contributed by atoms with Crippen LogP contribution >= 0.6 is 11.6 Å². The first-order valence-electron chi connectivity index (χ1n) is 5.98. The van der Waals surface area contributed by atoms with Gasteiger partial charge in [-0.2, -0.15) is 0 Å². The van der Waals surface area contributed by atoms with E-state index in [1.165, 1.54) is 24.6 Å². The molecule has 1 fully saturated rings. The average Bonchev–Trinajstić information content (AvgIpc) is 2.21. The second-order valence-corrected chi connectivity index (χ2v) is 6.68. The molecule has 0 atom stereocenters. The van der Waals surface area contributed by atoms with Gasteiger partial charge in [-0.15, -0.1) is 0 Å². The minimum atomic E-state index is -3.84. The van der Waals surface area contributed by atoms with Crippen LogP contribution in [0.1, 0.15) is 25.7 Å². The van der Waals surface area contributed by atoms with E-state index in [4.69, 9.17) is 16.7 Å². The smallest absolute Gasteiger partial charge is 0.239 e. The number of carbonyl (C=O) groups is 1. The molecule has 1 amide bonds. The van der Waals surface area contributed by atoms with E-state index in [0.717, 1.165) is 12.8 Å². The van der Waals surface area contributed by atoms with Crippen molar-refractivity contribution in [1.29, 1.82) is 0 Å². The molecule has 3 N–H and O–H groups in total. The number of hydrogen-bond donors (Lipinski definition) is 2. The highest BCUT2D eigenvalue weighted by atomic mass is 35.5. The summed E-state index contributed by atoms with van der Waals surface area (Å²) in [4.78, 5) is 11.6. The molecule has 0 heterocycles. The molecule has 0 unspecified atom stereocenters. The Morgan fingerprint density at radius 1 is 1.42 bits per heavy atom. The van der Waals surface area contributed by atoms with Gasteiger partial charge in [0.2, 0.25) is 15.9 Å². The van der Waals surface area contributed by atoms with Gasteiger partial charge in [-0.3, -0.25) is 4.79 Å². The van der Waals surface area contributed by atoms with Gasteiger partial charge in [-0.25, -0.2) is 13.6 Å². The SMILES string of the molecule is NS(=O)(=O)c1ccc(NC(=O)CC2CCC2)cc1Cl. The Kier molecular flexibility index (Phi) is 4.13. The molecular weight excluding hydrogens is 288 g/mol. The molecule has 1 aliphatic rings. The summed E-state index contributed by atoms with van der Waals surface area (Å²) in [6, 6.07) is 4.15. The standard InChI is InChI=1S/C12H15ClN2O3S/c13-10-7-9(4-5-11(10)19(14,17)18)15-12(16)6-8-2-1-3-8/h4-5,7-8H,1-3,6H2,(H,15,16)(H2,14,17,18). The third-order valence-electron chi connectivity index (χ3n) is 3.22. The third-order valence-corrected chi connectivity index (χ3v) is 4.61. The Balaban J connectivity index is 2.05. The number of amides is 1. The number of hydrogen-bond acceptors (Lipinski definition) is 3. The van der Waals surface area contributed by atoms with Crippen LogP contribution in [0.2, 0.25) is 5.02 Å². The van der Waals surface area contributed by atoms with Crippen molar-refractivity contribution in [3.8, 4) is 0 Å². The van der Waals surface area contributed by atoms with Gasteiger partial charge in [-0.1, -0.05) is 18.0 Å². The normalized spacial score (nSPS) is 15.9. The van der Waals surface area contributed by atoms with Crippen molar-refractivity contribution in [1.82, 2.24) is 0 Å². The van der Waals surface area contributed by atoms with E-state index in [-0.39, 0.29) is 15.8 Å². The number of halogens is 1. The molecule has 104 valence electrons. The molecular formula is C12H15ClN2O3S.